The Labute approximate surface area is 155 Å². The largest absolute Gasteiger partial charge is 0.484 e. The predicted molar refractivity (Wildman–Crippen MR) is 100 cm³/mol. The summed E-state index contributed by atoms with van der Waals surface area (Å²) < 4.78 is 5.51. The Morgan fingerprint density at radius 1 is 1.24 bits per heavy atom. The highest BCUT2D eigenvalue weighted by molar-refractivity contribution is 6.30. The molecule has 0 spiro atoms. The lowest BCUT2D eigenvalue weighted by Crippen LogP contribution is -2.60. The molecule has 25 heavy (non-hydrogen) atoms. The number of nitrogens with zero attached hydrogens (tertiary/aromatic N) is 1. The summed E-state index contributed by atoms with van der Waals surface area (Å²) >= 11 is 5.91. The lowest BCUT2D eigenvalue weighted by atomic mass is 9.85. The fourth-order valence-corrected chi connectivity index (χ4v) is 3.73. The maximum atomic E-state index is 12.1. The lowest BCUT2D eigenvalue weighted by Gasteiger charge is -2.42. The predicted octanol–water partition coefficient (Wildman–Crippen LogP) is 2.44. The second-order valence-corrected chi connectivity index (χ2v) is 7.42. The van der Waals surface area contributed by atoms with Crippen LogP contribution >= 0.6 is 11.6 Å². The molecule has 1 saturated heterocycles. The monoisotopic (exact) mass is 365 g/mol. The van der Waals surface area contributed by atoms with Gasteiger partial charge in [-0.3, -0.25) is 4.79 Å². The maximum Gasteiger partial charge on any atom is 0.258 e. The number of nitrogens with one attached hydrogen (secondary N) is 2. The molecule has 2 atom stereocenters. The molecule has 1 aliphatic heterocycles. The standard InChI is InChI=1S/C19H28ClN3O2/c1-2-23-10-8-15(9-11-23)21-17-6-7-18(17)22-19(24)13-25-16-5-3-4-14(20)12-16/h3-5,12,15,17-18,21H,2,6-11,13H2,1H3,(H,22,24). The van der Waals surface area contributed by atoms with Gasteiger partial charge in [-0.05, 0) is 63.5 Å². The Hall–Kier alpha value is -1.30. The van der Waals surface area contributed by atoms with Crippen LogP contribution in [0.2, 0.25) is 5.02 Å². The number of hydrogen-bond acceptors (Lipinski definition) is 4. The summed E-state index contributed by atoms with van der Waals surface area (Å²) in [6.45, 7) is 5.73. The second-order valence-electron chi connectivity index (χ2n) is 6.98. The van der Waals surface area contributed by atoms with E-state index in [1.54, 1.807) is 18.2 Å². The van der Waals surface area contributed by atoms with Gasteiger partial charge < -0.3 is 20.3 Å². The summed E-state index contributed by atoms with van der Waals surface area (Å²) in [7, 11) is 0. The first kappa shape index (κ1) is 18.5. The molecule has 1 saturated carbocycles. The van der Waals surface area contributed by atoms with Crippen LogP contribution in [0.1, 0.15) is 32.6 Å². The molecule has 5 nitrogen and oxygen atoms in total. The van der Waals surface area contributed by atoms with Crippen LogP contribution in [-0.4, -0.2) is 55.2 Å². The third-order valence-corrected chi connectivity index (χ3v) is 5.51. The van der Waals surface area contributed by atoms with Crippen molar-refractivity contribution in [3.63, 3.8) is 0 Å². The van der Waals surface area contributed by atoms with Gasteiger partial charge in [0.1, 0.15) is 5.75 Å². The van der Waals surface area contributed by atoms with Gasteiger partial charge >= 0.3 is 0 Å². The number of hydrogen-bond donors (Lipinski definition) is 2. The average Bonchev–Trinajstić information content (AvgIpc) is 2.62. The zero-order valence-corrected chi connectivity index (χ0v) is 15.6. The van der Waals surface area contributed by atoms with E-state index in [-0.39, 0.29) is 18.6 Å². The molecule has 1 heterocycles. The van der Waals surface area contributed by atoms with Crippen LogP contribution in [0.25, 0.3) is 0 Å². The molecule has 0 aromatic heterocycles. The smallest absolute Gasteiger partial charge is 0.258 e. The van der Waals surface area contributed by atoms with Gasteiger partial charge in [-0.15, -0.1) is 0 Å². The van der Waals surface area contributed by atoms with Gasteiger partial charge in [0.25, 0.3) is 5.91 Å². The maximum absolute atomic E-state index is 12.1. The van der Waals surface area contributed by atoms with Crippen molar-refractivity contribution in [1.82, 2.24) is 15.5 Å². The minimum atomic E-state index is -0.0720. The van der Waals surface area contributed by atoms with Crippen molar-refractivity contribution in [2.75, 3.05) is 26.2 Å². The Morgan fingerprint density at radius 3 is 2.64 bits per heavy atom. The molecule has 2 fully saturated rings. The van der Waals surface area contributed by atoms with E-state index in [1.807, 2.05) is 6.07 Å². The van der Waals surface area contributed by atoms with E-state index in [0.29, 0.717) is 22.9 Å². The first-order valence-corrected chi connectivity index (χ1v) is 9.68. The molecule has 1 amide bonds. The molecule has 3 rings (SSSR count). The van der Waals surface area contributed by atoms with Crippen molar-refractivity contribution in [2.45, 2.75) is 50.7 Å². The first-order chi connectivity index (χ1) is 12.1. The van der Waals surface area contributed by atoms with E-state index in [1.165, 1.54) is 25.9 Å². The van der Waals surface area contributed by atoms with Crippen LogP contribution < -0.4 is 15.4 Å². The third-order valence-electron chi connectivity index (χ3n) is 5.27. The fourth-order valence-electron chi connectivity index (χ4n) is 3.54. The Balaban J connectivity index is 1.37. The number of carbonyl (C=O) groups excluding carboxylic acids is 1. The topological polar surface area (TPSA) is 53.6 Å². The second kappa shape index (κ2) is 8.88. The summed E-state index contributed by atoms with van der Waals surface area (Å²) in [6.07, 6.45) is 4.56. The van der Waals surface area contributed by atoms with Crippen LogP contribution in [0.4, 0.5) is 0 Å². The van der Waals surface area contributed by atoms with Crippen LogP contribution in [0.3, 0.4) is 0 Å². The van der Waals surface area contributed by atoms with E-state index < -0.39 is 0 Å². The van der Waals surface area contributed by atoms with Crippen LogP contribution in [0.15, 0.2) is 24.3 Å². The number of rotatable bonds is 7. The minimum absolute atomic E-state index is 0.0262. The van der Waals surface area contributed by atoms with Crippen molar-refractivity contribution in [1.29, 1.82) is 0 Å². The van der Waals surface area contributed by atoms with Gasteiger partial charge in [0.15, 0.2) is 6.61 Å². The van der Waals surface area contributed by atoms with E-state index in [9.17, 15) is 4.79 Å². The highest BCUT2D eigenvalue weighted by Crippen LogP contribution is 2.23. The number of ether oxygens (including phenoxy) is 1. The van der Waals surface area contributed by atoms with Gasteiger partial charge in [-0.25, -0.2) is 0 Å². The normalized spacial score (nSPS) is 24.6. The van der Waals surface area contributed by atoms with Crippen molar-refractivity contribution in [2.24, 2.45) is 0 Å². The lowest BCUT2D eigenvalue weighted by molar-refractivity contribution is -0.124. The number of carbonyl (C=O) groups is 1. The van der Waals surface area contributed by atoms with E-state index in [0.717, 1.165) is 19.4 Å². The highest BCUT2D eigenvalue weighted by atomic mass is 35.5. The number of piperidine rings is 1. The van der Waals surface area contributed by atoms with Crippen LogP contribution in [0.5, 0.6) is 5.75 Å². The molecule has 2 aliphatic rings. The molecule has 6 heteroatoms. The molecule has 1 aromatic rings. The molecule has 1 aliphatic carbocycles. The summed E-state index contributed by atoms with van der Waals surface area (Å²) in [5.74, 6) is 0.547. The Kier molecular flexibility index (Phi) is 6.57. The number of likely N-dealkylation sites (tertiary alicyclic amines) is 1. The minimum Gasteiger partial charge on any atom is -0.484 e. The van der Waals surface area contributed by atoms with Gasteiger partial charge in [-0.1, -0.05) is 24.6 Å². The van der Waals surface area contributed by atoms with E-state index >= 15 is 0 Å². The van der Waals surface area contributed by atoms with E-state index in [4.69, 9.17) is 16.3 Å². The van der Waals surface area contributed by atoms with Gasteiger partial charge in [0.05, 0.1) is 0 Å². The molecule has 2 unspecified atom stereocenters. The Bertz CT molecular complexity index is 576. The molecular weight excluding hydrogens is 338 g/mol. The number of benzene rings is 1. The third kappa shape index (κ3) is 5.33. The zero-order chi connectivity index (χ0) is 17.6. The summed E-state index contributed by atoms with van der Waals surface area (Å²) in [5, 5.41) is 7.43. The van der Waals surface area contributed by atoms with Crippen molar-refractivity contribution in [3.8, 4) is 5.75 Å². The SMILES string of the molecule is CCN1CCC(NC2CCC2NC(=O)COc2cccc(Cl)c2)CC1. The summed E-state index contributed by atoms with van der Waals surface area (Å²) in [4.78, 5) is 14.6. The van der Waals surface area contributed by atoms with Gasteiger partial charge in [0, 0.05) is 23.1 Å². The molecule has 1 aromatic carbocycles. The summed E-state index contributed by atoms with van der Waals surface area (Å²) in [5.41, 5.74) is 0. The number of amides is 1. The molecule has 0 bridgehead atoms. The molecule has 2 N–H and O–H groups in total. The van der Waals surface area contributed by atoms with Crippen LogP contribution in [-0.2, 0) is 4.79 Å². The van der Waals surface area contributed by atoms with Crippen molar-refractivity contribution < 1.29 is 9.53 Å². The molecular formula is C19H28ClN3O2. The van der Waals surface area contributed by atoms with Crippen molar-refractivity contribution in [3.05, 3.63) is 29.3 Å². The van der Waals surface area contributed by atoms with Crippen LogP contribution in [0, 0.1) is 0 Å². The molecule has 0 radical (unpaired) electrons. The highest BCUT2D eigenvalue weighted by Gasteiger charge is 2.34. The fraction of sp³-hybridized carbons (Fsp3) is 0.632. The van der Waals surface area contributed by atoms with E-state index in [2.05, 4.69) is 22.5 Å². The van der Waals surface area contributed by atoms with Gasteiger partial charge in [0.2, 0.25) is 0 Å². The molecule has 138 valence electrons. The quantitative estimate of drug-likeness (QED) is 0.779. The first-order valence-electron chi connectivity index (χ1n) is 9.30. The Morgan fingerprint density at radius 2 is 2.00 bits per heavy atom. The average molecular weight is 366 g/mol. The zero-order valence-electron chi connectivity index (χ0n) is 14.8. The van der Waals surface area contributed by atoms with Gasteiger partial charge in [-0.2, -0.15) is 0 Å². The van der Waals surface area contributed by atoms with Crippen molar-refractivity contribution >= 4 is 17.5 Å². The summed E-state index contributed by atoms with van der Waals surface area (Å²) in [6, 6.07) is 8.30. The number of halogens is 1.